The molecule has 1 heterocycles. The van der Waals surface area contributed by atoms with E-state index >= 15 is 0 Å². The quantitative estimate of drug-likeness (QED) is 0.757. The lowest BCUT2D eigenvalue weighted by Crippen LogP contribution is -2.22. The van der Waals surface area contributed by atoms with E-state index in [1.165, 1.54) is 10.8 Å². The summed E-state index contributed by atoms with van der Waals surface area (Å²) in [5.74, 6) is 0. The molecule has 0 aliphatic carbocycles. The third kappa shape index (κ3) is 2.86. The monoisotopic (exact) mass is 348 g/mol. The molecule has 2 atom stereocenters. The molecule has 0 aromatic heterocycles. The van der Waals surface area contributed by atoms with E-state index in [0.29, 0.717) is 11.3 Å². The van der Waals surface area contributed by atoms with Gasteiger partial charge in [0.2, 0.25) is 0 Å². The van der Waals surface area contributed by atoms with Gasteiger partial charge in [-0.3, -0.25) is 4.99 Å². The lowest BCUT2D eigenvalue weighted by atomic mass is 10.1. The van der Waals surface area contributed by atoms with Gasteiger partial charge in [-0.05, 0) is 30.9 Å². The minimum Gasteiger partial charge on any atom is -0.334 e. The fourth-order valence-electron chi connectivity index (χ4n) is 2.55. The first-order valence-corrected chi connectivity index (χ1v) is 8.49. The zero-order valence-corrected chi connectivity index (χ0v) is 14.0. The Morgan fingerprint density at radius 2 is 1.90 bits per heavy atom. The Kier molecular flexibility index (Phi) is 4.03. The number of fused-ring (bicyclic) bond motifs is 1. The second kappa shape index (κ2) is 5.78. The second-order valence-corrected chi connectivity index (χ2v) is 7.49. The highest BCUT2D eigenvalue weighted by Gasteiger charge is 2.19. The van der Waals surface area contributed by atoms with Crippen molar-refractivity contribution in [1.29, 1.82) is 0 Å². The maximum atomic E-state index is 4.71. The molecule has 0 amide bonds. The van der Waals surface area contributed by atoms with Gasteiger partial charge in [0.1, 0.15) is 0 Å². The molecule has 104 valence electrons. The molecule has 0 spiro atoms. The van der Waals surface area contributed by atoms with Gasteiger partial charge in [0.15, 0.2) is 5.17 Å². The van der Waals surface area contributed by atoms with Crippen molar-refractivity contribution in [3.63, 3.8) is 0 Å². The van der Waals surface area contributed by atoms with Crippen molar-refractivity contribution < 1.29 is 0 Å². The van der Waals surface area contributed by atoms with Gasteiger partial charge in [-0.15, -0.1) is 0 Å². The van der Waals surface area contributed by atoms with Gasteiger partial charge in [-0.1, -0.05) is 58.9 Å². The van der Waals surface area contributed by atoms with E-state index in [0.717, 1.165) is 21.7 Å². The SMILES string of the molecule is CC1CC(C)SC(Nc2ccc(Br)c3ccccc23)=N1. The highest BCUT2D eigenvalue weighted by molar-refractivity contribution is 9.10. The summed E-state index contributed by atoms with van der Waals surface area (Å²) >= 11 is 5.44. The minimum absolute atomic E-state index is 0.399. The summed E-state index contributed by atoms with van der Waals surface area (Å²) in [4.78, 5) is 4.71. The molecule has 2 nitrogen and oxygen atoms in total. The molecule has 0 radical (unpaired) electrons. The number of benzene rings is 2. The van der Waals surface area contributed by atoms with Crippen LogP contribution in [0, 0.1) is 0 Å². The normalized spacial score (nSPS) is 22.6. The number of rotatable bonds is 1. The van der Waals surface area contributed by atoms with E-state index in [2.05, 4.69) is 71.5 Å². The molecule has 1 aliphatic heterocycles. The zero-order chi connectivity index (χ0) is 14.1. The molecule has 2 aromatic rings. The highest BCUT2D eigenvalue weighted by atomic mass is 79.9. The predicted molar refractivity (Wildman–Crippen MR) is 93.8 cm³/mol. The second-order valence-electron chi connectivity index (χ2n) is 5.21. The number of nitrogens with zero attached hydrogens (tertiary/aromatic N) is 1. The van der Waals surface area contributed by atoms with Gasteiger partial charge < -0.3 is 5.32 Å². The minimum atomic E-state index is 0.399. The van der Waals surface area contributed by atoms with Crippen LogP contribution in [-0.2, 0) is 0 Å². The molecule has 0 saturated carbocycles. The van der Waals surface area contributed by atoms with Crippen LogP contribution in [0.3, 0.4) is 0 Å². The zero-order valence-electron chi connectivity index (χ0n) is 11.6. The Labute approximate surface area is 132 Å². The lowest BCUT2D eigenvalue weighted by Gasteiger charge is -2.23. The van der Waals surface area contributed by atoms with Crippen molar-refractivity contribution in [1.82, 2.24) is 0 Å². The van der Waals surface area contributed by atoms with E-state index in [4.69, 9.17) is 4.99 Å². The smallest absolute Gasteiger partial charge is 0.161 e. The standard InChI is InChI=1S/C16H17BrN2S/c1-10-9-11(2)20-16(18-10)19-15-8-7-14(17)12-5-3-4-6-13(12)15/h3-8,10-11H,9H2,1-2H3,(H,18,19). The molecule has 0 bridgehead atoms. The van der Waals surface area contributed by atoms with Crippen LogP contribution in [0.15, 0.2) is 45.9 Å². The van der Waals surface area contributed by atoms with E-state index in [-0.39, 0.29) is 0 Å². The first-order chi connectivity index (χ1) is 9.63. The Hall–Kier alpha value is -1.00. The van der Waals surface area contributed by atoms with Crippen molar-refractivity contribution in [2.45, 2.75) is 31.6 Å². The van der Waals surface area contributed by atoms with E-state index in [9.17, 15) is 0 Å². The molecular formula is C16H17BrN2S. The van der Waals surface area contributed by atoms with Crippen molar-refractivity contribution in [2.75, 3.05) is 5.32 Å². The fourth-order valence-corrected chi connectivity index (χ4v) is 4.19. The van der Waals surface area contributed by atoms with E-state index in [1.807, 2.05) is 11.8 Å². The van der Waals surface area contributed by atoms with Gasteiger partial charge in [-0.2, -0.15) is 0 Å². The first kappa shape index (κ1) is 14.0. The molecule has 0 saturated heterocycles. The van der Waals surface area contributed by atoms with Crippen LogP contribution >= 0.6 is 27.7 Å². The number of halogens is 1. The maximum Gasteiger partial charge on any atom is 0.161 e. The number of aliphatic imine (C=N–C) groups is 1. The van der Waals surface area contributed by atoms with Gasteiger partial charge in [-0.25, -0.2) is 0 Å². The number of anilines is 1. The van der Waals surface area contributed by atoms with Crippen molar-refractivity contribution in [3.05, 3.63) is 40.9 Å². The van der Waals surface area contributed by atoms with Gasteiger partial charge in [0, 0.05) is 20.8 Å². The molecule has 2 aromatic carbocycles. The Morgan fingerprint density at radius 1 is 1.15 bits per heavy atom. The Bertz CT molecular complexity index is 669. The van der Waals surface area contributed by atoms with Gasteiger partial charge >= 0.3 is 0 Å². The number of nitrogens with one attached hydrogen (secondary N) is 1. The predicted octanol–water partition coefficient (Wildman–Crippen LogP) is 5.28. The molecule has 1 aliphatic rings. The van der Waals surface area contributed by atoms with Crippen LogP contribution in [-0.4, -0.2) is 16.5 Å². The molecule has 4 heteroatoms. The number of hydrogen-bond donors (Lipinski definition) is 1. The first-order valence-electron chi connectivity index (χ1n) is 6.82. The van der Waals surface area contributed by atoms with Gasteiger partial charge in [0.25, 0.3) is 0 Å². The molecular weight excluding hydrogens is 332 g/mol. The Balaban J connectivity index is 1.97. The molecule has 0 fully saturated rings. The van der Waals surface area contributed by atoms with Crippen LogP contribution in [0.4, 0.5) is 5.69 Å². The number of thioether (sulfide) groups is 1. The van der Waals surface area contributed by atoms with Crippen LogP contribution in [0.5, 0.6) is 0 Å². The average Bonchev–Trinajstić information content (AvgIpc) is 2.41. The maximum absolute atomic E-state index is 4.71. The van der Waals surface area contributed by atoms with E-state index in [1.54, 1.807) is 0 Å². The van der Waals surface area contributed by atoms with Crippen LogP contribution in [0.25, 0.3) is 10.8 Å². The highest BCUT2D eigenvalue weighted by Crippen LogP contribution is 2.32. The largest absolute Gasteiger partial charge is 0.334 e. The lowest BCUT2D eigenvalue weighted by molar-refractivity contribution is 0.661. The molecule has 3 rings (SSSR count). The van der Waals surface area contributed by atoms with Crippen LogP contribution < -0.4 is 5.32 Å². The van der Waals surface area contributed by atoms with Crippen molar-refractivity contribution in [3.8, 4) is 0 Å². The average molecular weight is 349 g/mol. The summed E-state index contributed by atoms with van der Waals surface area (Å²) in [5.41, 5.74) is 1.12. The summed E-state index contributed by atoms with van der Waals surface area (Å²) < 4.78 is 1.12. The molecule has 20 heavy (non-hydrogen) atoms. The summed E-state index contributed by atoms with van der Waals surface area (Å²) in [6.07, 6.45) is 1.15. The fraction of sp³-hybridized carbons (Fsp3) is 0.312. The van der Waals surface area contributed by atoms with Crippen molar-refractivity contribution in [2.24, 2.45) is 4.99 Å². The number of amidine groups is 1. The summed E-state index contributed by atoms with van der Waals surface area (Å²) in [6, 6.07) is 13.0. The van der Waals surface area contributed by atoms with Gasteiger partial charge in [0.05, 0.1) is 6.04 Å². The van der Waals surface area contributed by atoms with Crippen LogP contribution in [0.1, 0.15) is 20.3 Å². The third-order valence-corrected chi connectivity index (χ3v) is 5.15. The van der Waals surface area contributed by atoms with Crippen molar-refractivity contribution >= 4 is 49.3 Å². The molecule has 1 N–H and O–H groups in total. The Morgan fingerprint density at radius 3 is 2.65 bits per heavy atom. The summed E-state index contributed by atoms with van der Waals surface area (Å²) in [5, 5.41) is 7.59. The van der Waals surface area contributed by atoms with Crippen LogP contribution in [0.2, 0.25) is 0 Å². The summed E-state index contributed by atoms with van der Waals surface area (Å²) in [6.45, 7) is 4.44. The number of hydrogen-bond acceptors (Lipinski definition) is 3. The third-order valence-electron chi connectivity index (χ3n) is 3.44. The van der Waals surface area contributed by atoms with E-state index < -0.39 is 0 Å². The molecule has 2 unspecified atom stereocenters. The topological polar surface area (TPSA) is 24.4 Å². The summed E-state index contributed by atoms with van der Waals surface area (Å²) in [7, 11) is 0.